The van der Waals surface area contributed by atoms with E-state index in [-0.39, 0.29) is 18.4 Å². The van der Waals surface area contributed by atoms with E-state index < -0.39 is 11.2 Å². The molecule has 0 aliphatic heterocycles. The fraction of sp³-hybridized carbons (Fsp3) is 0.500. The van der Waals surface area contributed by atoms with Crippen molar-refractivity contribution >= 4 is 22.7 Å². The minimum Gasteiger partial charge on any atom is -0.311 e. The largest absolute Gasteiger partial charge is 0.332 e. The van der Waals surface area contributed by atoms with Gasteiger partial charge in [-0.15, -0.1) is 0 Å². The smallest absolute Gasteiger partial charge is 0.311 e. The molecule has 0 spiro atoms. The van der Waals surface area contributed by atoms with E-state index in [1.54, 1.807) is 11.4 Å². The number of Topliss-reactive ketones (excluding diaryl/α,β-unsaturated/α-hetero) is 1. The second-order valence-corrected chi connectivity index (χ2v) is 6.29. The number of aryl methyl sites for hydroxylation is 2. The molecule has 0 saturated heterocycles. The molecular formula is C16H21N5O3. The van der Waals surface area contributed by atoms with Gasteiger partial charge >= 0.3 is 5.69 Å². The van der Waals surface area contributed by atoms with Gasteiger partial charge < -0.3 is 4.57 Å². The van der Waals surface area contributed by atoms with Crippen LogP contribution in [0.3, 0.4) is 0 Å². The summed E-state index contributed by atoms with van der Waals surface area (Å²) >= 11 is 0. The lowest BCUT2D eigenvalue weighted by Gasteiger charge is -2.12. The van der Waals surface area contributed by atoms with Crippen molar-refractivity contribution in [1.29, 1.82) is 0 Å². The first-order valence-corrected chi connectivity index (χ1v) is 7.96. The maximum Gasteiger partial charge on any atom is 0.332 e. The third-order valence-corrected chi connectivity index (χ3v) is 4.48. The van der Waals surface area contributed by atoms with Crippen LogP contribution in [-0.2, 0) is 18.4 Å². The summed E-state index contributed by atoms with van der Waals surface area (Å²) in [6.07, 6.45) is 2.77. The van der Waals surface area contributed by atoms with Crippen LogP contribution in [0.25, 0.3) is 16.9 Å². The number of imidazole rings is 2. The van der Waals surface area contributed by atoms with Crippen molar-refractivity contribution in [3.63, 3.8) is 0 Å². The summed E-state index contributed by atoms with van der Waals surface area (Å²) < 4.78 is 6.06. The predicted molar refractivity (Wildman–Crippen MR) is 90.6 cm³/mol. The van der Waals surface area contributed by atoms with Crippen LogP contribution in [0.4, 0.5) is 0 Å². The van der Waals surface area contributed by atoms with Crippen molar-refractivity contribution in [2.45, 2.75) is 46.7 Å². The zero-order valence-corrected chi connectivity index (χ0v) is 14.5. The summed E-state index contributed by atoms with van der Waals surface area (Å²) in [4.78, 5) is 41.2. The van der Waals surface area contributed by atoms with Crippen molar-refractivity contribution in [2.75, 3.05) is 0 Å². The lowest BCUT2D eigenvalue weighted by Crippen LogP contribution is -2.40. The van der Waals surface area contributed by atoms with Gasteiger partial charge in [-0.05, 0) is 27.2 Å². The molecule has 0 bridgehead atoms. The number of nitrogens with zero attached hydrogens (tertiary/aromatic N) is 5. The van der Waals surface area contributed by atoms with Crippen LogP contribution >= 0.6 is 0 Å². The van der Waals surface area contributed by atoms with E-state index >= 15 is 0 Å². The van der Waals surface area contributed by atoms with E-state index in [1.807, 2.05) is 13.1 Å². The van der Waals surface area contributed by atoms with Gasteiger partial charge in [0.2, 0.25) is 5.78 Å². The topological polar surface area (TPSA) is 83.3 Å². The number of fused-ring (bicyclic) bond motifs is 3. The summed E-state index contributed by atoms with van der Waals surface area (Å²) in [5.74, 6) is 0.382. The van der Waals surface area contributed by atoms with E-state index in [0.717, 1.165) is 16.7 Å². The first-order chi connectivity index (χ1) is 11.3. The van der Waals surface area contributed by atoms with Gasteiger partial charge in [-0.1, -0.05) is 6.92 Å². The third kappa shape index (κ3) is 2.13. The molecule has 3 heterocycles. The maximum atomic E-state index is 12.8. The van der Waals surface area contributed by atoms with E-state index in [9.17, 15) is 14.4 Å². The molecule has 0 aliphatic rings. The SMILES string of the molecule is CC[C@H](C)n1c(C)cn2c3c(=O)n(CC(C)=O)c(=O)n(C)c3nc12. The Labute approximate surface area is 137 Å². The standard InChI is InChI=1S/C16H21N5O3/c1-6-9(2)21-10(3)7-19-12-13(17-15(19)21)18(5)16(24)20(14(12)23)8-11(4)22/h7,9H,6,8H2,1-5H3/t9-/m0/s1. The van der Waals surface area contributed by atoms with Gasteiger partial charge in [0.05, 0.1) is 6.54 Å². The monoisotopic (exact) mass is 331 g/mol. The first-order valence-electron chi connectivity index (χ1n) is 7.96. The average Bonchev–Trinajstić information content (AvgIpc) is 3.03. The number of hydrogen-bond donors (Lipinski definition) is 0. The molecule has 8 heteroatoms. The van der Waals surface area contributed by atoms with E-state index in [1.165, 1.54) is 11.5 Å². The van der Waals surface area contributed by atoms with Crippen molar-refractivity contribution in [1.82, 2.24) is 23.1 Å². The molecule has 0 radical (unpaired) electrons. The molecule has 3 aromatic rings. The molecule has 0 unspecified atom stereocenters. The number of rotatable bonds is 4. The maximum absolute atomic E-state index is 12.8. The molecular weight excluding hydrogens is 310 g/mol. The van der Waals surface area contributed by atoms with Gasteiger partial charge in [-0.2, -0.15) is 4.98 Å². The highest BCUT2D eigenvalue weighted by molar-refractivity contribution is 5.78. The molecule has 128 valence electrons. The fourth-order valence-corrected chi connectivity index (χ4v) is 3.12. The highest BCUT2D eigenvalue weighted by atomic mass is 16.2. The third-order valence-electron chi connectivity index (χ3n) is 4.48. The Bertz CT molecular complexity index is 1080. The molecule has 0 N–H and O–H groups in total. The summed E-state index contributed by atoms with van der Waals surface area (Å²) in [6, 6.07) is 0.218. The number of carbonyl (C=O) groups excluding carboxylic acids is 1. The Kier molecular flexibility index (Phi) is 3.70. The van der Waals surface area contributed by atoms with Crippen molar-refractivity contribution < 1.29 is 4.79 Å². The molecule has 24 heavy (non-hydrogen) atoms. The Hall–Kier alpha value is -2.64. The number of ketones is 1. The quantitative estimate of drug-likeness (QED) is 0.714. The summed E-state index contributed by atoms with van der Waals surface area (Å²) in [7, 11) is 1.56. The Morgan fingerprint density at radius 1 is 1.33 bits per heavy atom. The Morgan fingerprint density at radius 3 is 2.58 bits per heavy atom. The Balaban J connectivity index is 2.48. The lowest BCUT2D eigenvalue weighted by atomic mass is 10.2. The van der Waals surface area contributed by atoms with E-state index in [0.29, 0.717) is 16.9 Å². The van der Waals surface area contributed by atoms with Crippen LogP contribution < -0.4 is 11.2 Å². The van der Waals surface area contributed by atoms with E-state index in [2.05, 4.69) is 23.4 Å². The molecule has 8 nitrogen and oxygen atoms in total. The van der Waals surface area contributed by atoms with Crippen LogP contribution in [0, 0.1) is 6.92 Å². The van der Waals surface area contributed by atoms with Gasteiger partial charge in [0.15, 0.2) is 11.2 Å². The summed E-state index contributed by atoms with van der Waals surface area (Å²) in [5.41, 5.74) is 0.614. The van der Waals surface area contributed by atoms with Crippen LogP contribution in [0.15, 0.2) is 15.8 Å². The second-order valence-electron chi connectivity index (χ2n) is 6.29. The molecule has 0 aromatic carbocycles. The van der Waals surface area contributed by atoms with Gasteiger partial charge in [-0.25, -0.2) is 4.79 Å². The number of hydrogen-bond acceptors (Lipinski definition) is 4. The van der Waals surface area contributed by atoms with Crippen molar-refractivity contribution in [3.8, 4) is 0 Å². The zero-order valence-electron chi connectivity index (χ0n) is 14.5. The molecule has 0 aliphatic carbocycles. The molecule has 0 saturated carbocycles. The first kappa shape index (κ1) is 16.2. The zero-order chi connectivity index (χ0) is 17.8. The number of aromatic nitrogens is 5. The summed E-state index contributed by atoms with van der Waals surface area (Å²) in [6.45, 7) is 7.24. The second kappa shape index (κ2) is 5.47. The fourth-order valence-electron chi connectivity index (χ4n) is 3.12. The van der Waals surface area contributed by atoms with Crippen molar-refractivity contribution in [3.05, 3.63) is 32.7 Å². The van der Waals surface area contributed by atoms with Gasteiger partial charge in [0.25, 0.3) is 5.56 Å². The highest BCUT2D eigenvalue weighted by Gasteiger charge is 2.21. The Morgan fingerprint density at radius 2 is 2.00 bits per heavy atom. The van der Waals surface area contributed by atoms with Gasteiger partial charge in [-0.3, -0.25) is 23.1 Å². The van der Waals surface area contributed by atoms with Crippen molar-refractivity contribution in [2.24, 2.45) is 7.05 Å². The van der Waals surface area contributed by atoms with Gasteiger partial charge in [0.1, 0.15) is 5.78 Å². The average molecular weight is 331 g/mol. The van der Waals surface area contributed by atoms with Crippen LogP contribution in [0.5, 0.6) is 0 Å². The van der Waals surface area contributed by atoms with Crippen LogP contribution in [-0.4, -0.2) is 28.9 Å². The molecule has 1 atom stereocenters. The predicted octanol–water partition coefficient (Wildman–Crippen LogP) is 1.02. The molecule has 3 aromatic heterocycles. The minimum absolute atomic E-state index is 0.218. The molecule has 3 rings (SSSR count). The lowest BCUT2D eigenvalue weighted by molar-refractivity contribution is -0.117. The molecule has 0 fully saturated rings. The van der Waals surface area contributed by atoms with Gasteiger partial charge in [0, 0.05) is 25.0 Å². The van der Waals surface area contributed by atoms with Crippen LogP contribution in [0.1, 0.15) is 38.9 Å². The highest BCUT2D eigenvalue weighted by Crippen LogP contribution is 2.21. The normalized spacial score (nSPS) is 13.0. The number of carbonyl (C=O) groups is 1. The molecule has 0 amide bonds. The van der Waals surface area contributed by atoms with E-state index in [4.69, 9.17) is 0 Å². The van der Waals surface area contributed by atoms with Crippen LogP contribution in [0.2, 0.25) is 0 Å². The summed E-state index contributed by atoms with van der Waals surface area (Å²) in [5, 5.41) is 0. The minimum atomic E-state index is -0.532.